The molecule has 25 heavy (non-hydrogen) atoms. The summed E-state index contributed by atoms with van der Waals surface area (Å²) < 4.78 is 12.8. The smallest absolute Gasteiger partial charge is 0.227 e. The molecule has 1 aliphatic carbocycles. The zero-order valence-electron chi connectivity index (χ0n) is 13.7. The molecule has 4 N–H and O–H groups in total. The highest BCUT2D eigenvalue weighted by Gasteiger charge is 2.35. The summed E-state index contributed by atoms with van der Waals surface area (Å²) >= 11 is 0. The molecule has 2 aromatic carbocycles. The van der Waals surface area contributed by atoms with E-state index in [-0.39, 0.29) is 5.82 Å². The zero-order valence-corrected chi connectivity index (χ0v) is 13.7. The predicted octanol–water partition coefficient (Wildman–Crippen LogP) is 1.80. The first-order valence-electron chi connectivity index (χ1n) is 8.12. The molecule has 0 aromatic heterocycles. The second kappa shape index (κ2) is 7.55. The number of nitrogens with one attached hydrogen (secondary N) is 1. The summed E-state index contributed by atoms with van der Waals surface area (Å²) in [4.78, 5) is 15.9. The van der Waals surface area contributed by atoms with Gasteiger partial charge in [0.1, 0.15) is 5.82 Å². The maximum atomic E-state index is 12.8. The van der Waals surface area contributed by atoms with Gasteiger partial charge in [0.05, 0.1) is 17.7 Å². The van der Waals surface area contributed by atoms with Crippen molar-refractivity contribution in [3.63, 3.8) is 0 Å². The lowest BCUT2D eigenvalue weighted by Crippen LogP contribution is -2.28. The SMILES string of the molecule is NC(=O)C1c2cc(N=CCNCc3ccc(F)cc3)ccc2CC1O. The van der Waals surface area contributed by atoms with Gasteiger partial charge in [-0.1, -0.05) is 18.2 Å². The average Bonchev–Trinajstić information content (AvgIpc) is 2.91. The molecule has 6 heteroatoms. The second-order valence-corrected chi connectivity index (χ2v) is 6.10. The van der Waals surface area contributed by atoms with Gasteiger partial charge in [0.15, 0.2) is 0 Å². The number of aliphatic hydroxyl groups is 1. The number of primary amides is 1. The topological polar surface area (TPSA) is 87.7 Å². The van der Waals surface area contributed by atoms with E-state index in [0.29, 0.717) is 25.2 Å². The van der Waals surface area contributed by atoms with Crippen LogP contribution in [0.15, 0.2) is 47.5 Å². The summed E-state index contributed by atoms with van der Waals surface area (Å²) in [7, 11) is 0. The Hall–Kier alpha value is -2.57. The van der Waals surface area contributed by atoms with Crippen molar-refractivity contribution >= 4 is 17.8 Å². The molecule has 1 amide bonds. The van der Waals surface area contributed by atoms with Crippen LogP contribution in [0.5, 0.6) is 0 Å². The number of hydrogen-bond acceptors (Lipinski definition) is 4. The number of halogens is 1. The van der Waals surface area contributed by atoms with Crippen LogP contribution in [0.4, 0.5) is 10.1 Å². The maximum absolute atomic E-state index is 12.8. The van der Waals surface area contributed by atoms with Crippen molar-refractivity contribution < 1.29 is 14.3 Å². The van der Waals surface area contributed by atoms with Crippen molar-refractivity contribution in [2.45, 2.75) is 25.0 Å². The molecule has 2 atom stereocenters. The van der Waals surface area contributed by atoms with Gasteiger partial charge in [0, 0.05) is 19.3 Å². The van der Waals surface area contributed by atoms with Gasteiger partial charge in [-0.05, 0) is 47.4 Å². The minimum Gasteiger partial charge on any atom is -0.392 e. The molecule has 0 aliphatic heterocycles. The van der Waals surface area contributed by atoms with Gasteiger partial charge in [-0.2, -0.15) is 0 Å². The van der Waals surface area contributed by atoms with E-state index >= 15 is 0 Å². The van der Waals surface area contributed by atoms with E-state index in [2.05, 4.69) is 10.3 Å². The van der Waals surface area contributed by atoms with Crippen LogP contribution < -0.4 is 11.1 Å². The Morgan fingerprint density at radius 1 is 1.32 bits per heavy atom. The molecule has 0 fully saturated rings. The third-order valence-corrected chi connectivity index (χ3v) is 4.30. The summed E-state index contributed by atoms with van der Waals surface area (Å²) in [5.74, 6) is -1.43. The quantitative estimate of drug-likeness (QED) is 0.553. The van der Waals surface area contributed by atoms with Crippen LogP contribution in [0, 0.1) is 5.82 Å². The van der Waals surface area contributed by atoms with E-state index in [1.165, 1.54) is 12.1 Å². The third-order valence-electron chi connectivity index (χ3n) is 4.30. The Kier molecular flexibility index (Phi) is 5.21. The minimum atomic E-state index is -0.760. The van der Waals surface area contributed by atoms with Crippen molar-refractivity contribution in [2.24, 2.45) is 10.7 Å². The van der Waals surface area contributed by atoms with Crippen molar-refractivity contribution in [1.82, 2.24) is 5.32 Å². The highest BCUT2D eigenvalue weighted by molar-refractivity contribution is 5.84. The van der Waals surface area contributed by atoms with Crippen molar-refractivity contribution in [2.75, 3.05) is 6.54 Å². The van der Waals surface area contributed by atoms with Crippen LogP contribution >= 0.6 is 0 Å². The highest BCUT2D eigenvalue weighted by atomic mass is 19.1. The number of nitrogens with zero attached hydrogens (tertiary/aromatic N) is 1. The van der Waals surface area contributed by atoms with Gasteiger partial charge in [0.2, 0.25) is 5.91 Å². The van der Waals surface area contributed by atoms with E-state index < -0.39 is 17.9 Å². The summed E-state index contributed by atoms with van der Waals surface area (Å²) in [5, 5.41) is 13.2. The lowest BCUT2D eigenvalue weighted by atomic mass is 9.99. The lowest BCUT2D eigenvalue weighted by molar-refractivity contribution is -0.121. The van der Waals surface area contributed by atoms with Gasteiger partial charge < -0.3 is 16.2 Å². The Morgan fingerprint density at radius 2 is 2.08 bits per heavy atom. The molecule has 130 valence electrons. The molecule has 0 saturated heterocycles. The Morgan fingerprint density at radius 3 is 2.80 bits per heavy atom. The zero-order chi connectivity index (χ0) is 17.8. The minimum absolute atomic E-state index is 0.249. The fraction of sp³-hybridized carbons (Fsp3) is 0.263. The van der Waals surface area contributed by atoms with Gasteiger partial charge >= 0.3 is 0 Å². The van der Waals surface area contributed by atoms with Crippen molar-refractivity contribution in [1.29, 1.82) is 0 Å². The first-order chi connectivity index (χ1) is 12.0. The normalized spacial score (nSPS) is 19.3. The number of benzene rings is 2. The number of fused-ring (bicyclic) bond motifs is 1. The molecular weight excluding hydrogens is 321 g/mol. The van der Waals surface area contributed by atoms with Crippen LogP contribution in [0.3, 0.4) is 0 Å². The number of carbonyl (C=O) groups is 1. The monoisotopic (exact) mass is 341 g/mol. The van der Waals surface area contributed by atoms with Crippen LogP contribution in [-0.2, 0) is 17.8 Å². The standard InChI is InChI=1S/C19H20FN3O2/c20-14-4-1-12(2-5-14)11-22-7-8-23-15-6-3-13-9-17(24)18(19(21)25)16(13)10-15/h1-6,8,10,17-18,22,24H,7,9,11H2,(H2,21,25). The van der Waals surface area contributed by atoms with Gasteiger partial charge in [-0.25, -0.2) is 4.39 Å². The van der Waals surface area contributed by atoms with Crippen LogP contribution in [0.1, 0.15) is 22.6 Å². The number of hydrogen-bond donors (Lipinski definition) is 3. The number of aliphatic imine (C=N–C) groups is 1. The Balaban J connectivity index is 1.57. The third kappa shape index (κ3) is 4.10. The molecule has 3 rings (SSSR count). The number of aliphatic hydroxyl groups excluding tert-OH is 1. The van der Waals surface area contributed by atoms with Crippen LogP contribution in [0.25, 0.3) is 0 Å². The molecule has 0 bridgehead atoms. The van der Waals surface area contributed by atoms with Crippen molar-refractivity contribution in [3.05, 3.63) is 65.0 Å². The molecule has 0 spiro atoms. The number of amides is 1. The molecule has 0 saturated carbocycles. The van der Waals surface area contributed by atoms with E-state index in [1.54, 1.807) is 24.4 Å². The molecule has 5 nitrogen and oxygen atoms in total. The highest BCUT2D eigenvalue weighted by Crippen LogP contribution is 2.35. The summed E-state index contributed by atoms with van der Waals surface area (Å²) in [6.45, 7) is 1.17. The van der Waals surface area contributed by atoms with E-state index in [0.717, 1.165) is 16.7 Å². The Labute approximate surface area is 145 Å². The van der Waals surface area contributed by atoms with Crippen molar-refractivity contribution in [3.8, 4) is 0 Å². The van der Waals surface area contributed by atoms with Gasteiger partial charge in [-0.15, -0.1) is 0 Å². The number of carbonyl (C=O) groups excluding carboxylic acids is 1. The van der Waals surface area contributed by atoms with E-state index in [1.807, 2.05) is 12.1 Å². The Bertz CT molecular complexity index is 790. The second-order valence-electron chi connectivity index (χ2n) is 6.10. The van der Waals surface area contributed by atoms with Gasteiger partial charge in [0.25, 0.3) is 0 Å². The molecular formula is C19H20FN3O2. The molecule has 1 aliphatic rings. The first kappa shape index (κ1) is 17.3. The average molecular weight is 341 g/mol. The van der Waals surface area contributed by atoms with Gasteiger partial charge in [-0.3, -0.25) is 9.79 Å². The summed E-state index contributed by atoms with van der Waals surface area (Å²) in [6, 6.07) is 11.9. The fourth-order valence-corrected chi connectivity index (χ4v) is 3.07. The maximum Gasteiger partial charge on any atom is 0.227 e. The molecule has 2 unspecified atom stereocenters. The molecule has 0 radical (unpaired) electrons. The summed E-state index contributed by atoms with van der Waals surface area (Å²) in [5.41, 5.74) is 8.78. The lowest BCUT2D eigenvalue weighted by Gasteiger charge is -2.11. The van der Waals surface area contributed by atoms with E-state index in [9.17, 15) is 14.3 Å². The first-order valence-corrected chi connectivity index (χ1v) is 8.12. The number of nitrogens with two attached hydrogens (primary N) is 1. The van der Waals surface area contributed by atoms with E-state index in [4.69, 9.17) is 5.73 Å². The largest absolute Gasteiger partial charge is 0.392 e. The fourth-order valence-electron chi connectivity index (χ4n) is 3.07. The van der Waals surface area contributed by atoms with Crippen LogP contribution in [-0.4, -0.2) is 29.9 Å². The predicted molar refractivity (Wildman–Crippen MR) is 94.3 cm³/mol. The summed E-state index contributed by atoms with van der Waals surface area (Å²) in [6.07, 6.45) is 1.41. The van der Waals surface area contributed by atoms with Crippen LogP contribution in [0.2, 0.25) is 0 Å². The number of rotatable bonds is 6. The molecule has 2 aromatic rings. The molecule has 0 heterocycles.